The Kier molecular flexibility index (Phi) is 6.53. The molecule has 164 valence electrons. The van der Waals surface area contributed by atoms with Gasteiger partial charge in [0.15, 0.2) is 0 Å². The van der Waals surface area contributed by atoms with E-state index in [9.17, 15) is 57.1 Å². The molecule has 0 spiro atoms. The fourth-order valence-electron chi connectivity index (χ4n) is 1.90. The molecule has 0 aliphatic rings. The van der Waals surface area contributed by atoms with Crippen LogP contribution < -0.4 is 0 Å². The second kappa shape index (κ2) is 6.79. The molecular weight excluding hydrogens is 425 g/mol. The van der Waals surface area contributed by atoms with Gasteiger partial charge in [0.05, 0.1) is 13.6 Å². The standard InChI is InChI=1S/C11H13F13NO2/c1-3-25(2,4-5(26)27)11(23,24)9(18,19)7(14,15)6(12,13)8(16,17)10(20,21)22/h5,26-27H,3-4H2,1-2H3/q+1. The van der Waals surface area contributed by atoms with Crippen molar-refractivity contribution in [1.29, 1.82) is 0 Å². The lowest BCUT2D eigenvalue weighted by Gasteiger charge is -2.46. The number of hydrogen-bond acceptors (Lipinski definition) is 2. The molecular formula is C11H13F13NO2+. The van der Waals surface area contributed by atoms with Crippen molar-refractivity contribution in [1.82, 2.24) is 0 Å². The van der Waals surface area contributed by atoms with Gasteiger partial charge in [-0.15, -0.1) is 8.78 Å². The molecule has 0 amide bonds. The number of rotatable bonds is 8. The van der Waals surface area contributed by atoms with E-state index in [0.29, 0.717) is 6.92 Å². The Morgan fingerprint density at radius 3 is 1.26 bits per heavy atom. The number of aliphatic hydroxyl groups excluding tert-OH is 1. The molecule has 2 N–H and O–H groups in total. The summed E-state index contributed by atoms with van der Waals surface area (Å²) in [4.78, 5) is 0. The Hall–Kier alpha value is -1.03. The largest absolute Gasteiger partial charge is 0.461 e. The maximum absolute atomic E-state index is 14.0. The van der Waals surface area contributed by atoms with Gasteiger partial charge in [-0.3, -0.25) is 4.48 Å². The van der Waals surface area contributed by atoms with Crippen LogP contribution in [0.15, 0.2) is 0 Å². The number of quaternary nitrogens is 1. The third-order valence-corrected chi connectivity index (χ3v) is 3.86. The Labute approximate surface area is 142 Å². The van der Waals surface area contributed by atoms with Crippen LogP contribution in [0.1, 0.15) is 6.92 Å². The molecule has 0 aromatic carbocycles. The fourth-order valence-corrected chi connectivity index (χ4v) is 1.90. The molecule has 1 unspecified atom stereocenters. The molecule has 0 aliphatic heterocycles. The molecule has 0 radical (unpaired) electrons. The summed E-state index contributed by atoms with van der Waals surface area (Å²) >= 11 is 0. The van der Waals surface area contributed by atoms with Crippen LogP contribution in [0.2, 0.25) is 0 Å². The minimum atomic E-state index is -7.98. The van der Waals surface area contributed by atoms with Crippen molar-refractivity contribution >= 4 is 0 Å². The maximum atomic E-state index is 14.0. The molecule has 0 rings (SSSR count). The second-order valence-electron chi connectivity index (χ2n) is 5.71. The molecule has 27 heavy (non-hydrogen) atoms. The van der Waals surface area contributed by atoms with Crippen molar-refractivity contribution in [2.24, 2.45) is 0 Å². The predicted molar refractivity (Wildman–Crippen MR) is 60.6 cm³/mol. The molecule has 0 heterocycles. The Morgan fingerprint density at radius 1 is 0.667 bits per heavy atom. The minimum Gasteiger partial charge on any atom is -0.364 e. The quantitative estimate of drug-likeness (QED) is 0.264. The van der Waals surface area contributed by atoms with Gasteiger partial charge >= 0.3 is 35.9 Å². The smallest absolute Gasteiger partial charge is 0.364 e. The molecule has 0 fully saturated rings. The molecule has 0 saturated carbocycles. The summed E-state index contributed by atoms with van der Waals surface area (Å²) in [7, 11) is -0.0521. The molecule has 16 heteroatoms. The van der Waals surface area contributed by atoms with E-state index in [1.165, 1.54) is 0 Å². The van der Waals surface area contributed by atoms with E-state index in [1.54, 1.807) is 0 Å². The number of hydrogen-bond donors (Lipinski definition) is 2. The Bertz CT molecular complexity index is 531. The van der Waals surface area contributed by atoms with Gasteiger partial charge in [0.2, 0.25) is 6.29 Å². The first-order valence-corrected chi connectivity index (χ1v) is 6.64. The summed E-state index contributed by atoms with van der Waals surface area (Å²) in [6.07, 6.45) is -10.3. The van der Waals surface area contributed by atoms with Gasteiger partial charge in [-0.25, -0.2) is 0 Å². The van der Waals surface area contributed by atoms with Crippen LogP contribution in [-0.2, 0) is 0 Å². The number of likely N-dealkylation sites (N-methyl/N-ethyl adjacent to an activating group) is 1. The van der Waals surface area contributed by atoms with E-state index in [2.05, 4.69) is 0 Å². The molecule has 3 nitrogen and oxygen atoms in total. The van der Waals surface area contributed by atoms with Gasteiger partial charge in [-0.05, 0) is 6.92 Å². The summed E-state index contributed by atoms with van der Waals surface area (Å²) in [5.41, 5.74) is 0. The van der Waals surface area contributed by atoms with Gasteiger partial charge in [0, 0.05) is 0 Å². The summed E-state index contributed by atoms with van der Waals surface area (Å²) in [6.45, 7) is -2.67. The van der Waals surface area contributed by atoms with Gasteiger partial charge in [-0.1, -0.05) is 0 Å². The highest BCUT2D eigenvalue weighted by molar-refractivity contribution is 5.08. The highest BCUT2D eigenvalue weighted by Gasteiger charge is 2.93. The molecule has 0 aromatic heterocycles. The van der Waals surface area contributed by atoms with Gasteiger partial charge in [0.25, 0.3) is 0 Å². The summed E-state index contributed by atoms with van der Waals surface area (Å²) < 4.78 is 167. The minimum absolute atomic E-state index is 0.0521. The lowest BCUT2D eigenvalue weighted by molar-refractivity contribution is -1.01. The lowest BCUT2D eigenvalue weighted by Crippen LogP contribution is -2.76. The molecule has 0 aromatic rings. The number of alkyl halides is 13. The first-order chi connectivity index (χ1) is 11.5. The van der Waals surface area contributed by atoms with Crippen molar-refractivity contribution in [2.45, 2.75) is 49.1 Å². The highest BCUT2D eigenvalue weighted by atomic mass is 19.4. The number of aliphatic hydroxyl groups is 2. The van der Waals surface area contributed by atoms with Gasteiger partial charge in [-0.2, -0.15) is 48.3 Å². The van der Waals surface area contributed by atoms with E-state index in [1.807, 2.05) is 0 Å². The average Bonchev–Trinajstić information content (AvgIpc) is 2.43. The molecule has 1 atom stereocenters. The van der Waals surface area contributed by atoms with Crippen molar-refractivity contribution in [3.05, 3.63) is 0 Å². The topological polar surface area (TPSA) is 40.5 Å². The zero-order valence-corrected chi connectivity index (χ0v) is 13.2. The third-order valence-electron chi connectivity index (χ3n) is 3.86. The highest BCUT2D eigenvalue weighted by Crippen LogP contribution is 2.61. The Morgan fingerprint density at radius 2 is 1.00 bits per heavy atom. The first kappa shape index (κ1) is 26.0. The normalized spacial score (nSPS) is 18.0. The van der Waals surface area contributed by atoms with E-state index in [4.69, 9.17) is 10.2 Å². The molecule has 0 bridgehead atoms. The van der Waals surface area contributed by atoms with Crippen LogP contribution in [0, 0.1) is 0 Å². The number of nitrogens with zero attached hydrogens (tertiary/aromatic N) is 1. The van der Waals surface area contributed by atoms with Crippen LogP contribution in [0.5, 0.6) is 0 Å². The van der Waals surface area contributed by atoms with E-state index in [-0.39, 0.29) is 7.05 Å². The monoisotopic (exact) mass is 438 g/mol. The van der Waals surface area contributed by atoms with E-state index < -0.39 is 59.8 Å². The summed E-state index contributed by atoms with van der Waals surface area (Å²) in [5, 5.41) is 17.2. The van der Waals surface area contributed by atoms with Crippen molar-refractivity contribution in [2.75, 3.05) is 20.1 Å². The first-order valence-electron chi connectivity index (χ1n) is 6.64. The predicted octanol–water partition coefficient (Wildman–Crippen LogP) is 3.46. The van der Waals surface area contributed by atoms with Crippen LogP contribution in [0.25, 0.3) is 0 Å². The van der Waals surface area contributed by atoms with Crippen LogP contribution in [0.4, 0.5) is 57.1 Å². The molecule has 0 saturated heterocycles. The third kappa shape index (κ3) is 3.54. The van der Waals surface area contributed by atoms with Crippen molar-refractivity contribution in [3.8, 4) is 0 Å². The summed E-state index contributed by atoms with van der Waals surface area (Å²) in [5.74, 6) is -31.2. The van der Waals surface area contributed by atoms with Crippen LogP contribution in [-0.4, -0.2) is 77.0 Å². The van der Waals surface area contributed by atoms with E-state index in [0.717, 1.165) is 0 Å². The van der Waals surface area contributed by atoms with E-state index >= 15 is 0 Å². The lowest BCUT2D eigenvalue weighted by atomic mass is 9.95. The van der Waals surface area contributed by atoms with Crippen molar-refractivity contribution < 1.29 is 71.8 Å². The molecule has 0 aliphatic carbocycles. The SMILES string of the molecule is CC[N+](C)(CC(O)O)C(F)(F)C(F)(F)C(F)(F)C(F)(F)C(F)(F)C(F)(F)F. The number of halogens is 13. The van der Waals surface area contributed by atoms with Gasteiger partial charge < -0.3 is 10.2 Å². The maximum Gasteiger partial charge on any atom is 0.461 e. The van der Waals surface area contributed by atoms with Gasteiger partial charge in [0.1, 0.15) is 6.54 Å². The second-order valence-corrected chi connectivity index (χ2v) is 5.71. The Balaban J connectivity index is 6.54. The average molecular weight is 438 g/mol. The van der Waals surface area contributed by atoms with Crippen molar-refractivity contribution in [3.63, 3.8) is 0 Å². The van der Waals surface area contributed by atoms with Crippen LogP contribution >= 0.6 is 0 Å². The zero-order chi connectivity index (χ0) is 22.5. The van der Waals surface area contributed by atoms with Crippen LogP contribution in [0.3, 0.4) is 0 Å². The zero-order valence-electron chi connectivity index (χ0n) is 13.2. The fraction of sp³-hybridized carbons (Fsp3) is 1.00. The summed E-state index contributed by atoms with van der Waals surface area (Å²) in [6, 6.07) is -6.43.